The fourth-order valence-corrected chi connectivity index (χ4v) is 6.50. The number of nitrogens with zero attached hydrogens (tertiary/aromatic N) is 1. The number of hydrogen-bond donors (Lipinski definition) is 3. The maximum atomic E-state index is 14.3. The number of oxazole rings is 1. The van der Waals surface area contributed by atoms with Gasteiger partial charge in [0.15, 0.2) is 0 Å². The lowest BCUT2D eigenvalue weighted by molar-refractivity contribution is -0.138. The van der Waals surface area contributed by atoms with Crippen molar-refractivity contribution in [3.63, 3.8) is 0 Å². The van der Waals surface area contributed by atoms with Crippen molar-refractivity contribution in [3.8, 4) is 0 Å². The normalized spacial score (nSPS) is 35.1. The molecule has 0 unspecified atom stereocenters. The van der Waals surface area contributed by atoms with Crippen molar-refractivity contribution >= 4 is 11.8 Å². The molecule has 1 aromatic rings. The molecule has 0 radical (unpaired) electrons. The van der Waals surface area contributed by atoms with E-state index in [1.54, 1.807) is 0 Å². The van der Waals surface area contributed by atoms with Crippen LogP contribution in [-0.4, -0.2) is 42.1 Å². The molecule has 32 heavy (non-hydrogen) atoms. The molecule has 1 aromatic heterocycles. The van der Waals surface area contributed by atoms with Crippen molar-refractivity contribution in [3.05, 3.63) is 17.8 Å². The molecule has 4 aliphatic rings. The third-order valence-corrected chi connectivity index (χ3v) is 8.10. The summed E-state index contributed by atoms with van der Waals surface area (Å²) in [6.45, 7) is 1.46. The first-order valence-electron chi connectivity index (χ1n) is 11.5. The topological polar surface area (TPSA) is 96.3 Å². The lowest BCUT2D eigenvalue weighted by atomic mass is 9.78. The lowest BCUT2D eigenvalue weighted by Crippen LogP contribution is -2.54. The molecule has 2 bridgehead atoms. The van der Waals surface area contributed by atoms with Crippen LogP contribution in [0, 0.1) is 29.1 Å². The van der Waals surface area contributed by atoms with Gasteiger partial charge in [-0.25, -0.2) is 9.37 Å². The minimum Gasteiger partial charge on any atom is -0.447 e. The van der Waals surface area contributed by atoms with Gasteiger partial charge in [-0.1, -0.05) is 0 Å². The van der Waals surface area contributed by atoms with Crippen LogP contribution in [0.3, 0.4) is 0 Å². The molecule has 0 aromatic carbocycles. The summed E-state index contributed by atoms with van der Waals surface area (Å²) in [5.41, 5.74) is -0.438. The van der Waals surface area contributed by atoms with Crippen molar-refractivity contribution in [1.82, 2.24) is 20.9 Å². The van der Waals surface area contributed by atoms with Crippen molar-refractivity contribution < 1.29 is 27.2 Å². The fraction of sp³-hybridized carbons (Fsp3) is 0.773. The summed E-state index contributed by atoms with van der Waals surface area (Å²) < 4.78 is 46.1. The predicted molar refractivity (Wildman–Crippen MR) is 107 cm³/mol. The predicted octanol–water partition coefficient (Wildman–Crippen LogP) is 2.27. The van der Waals surface area contributed by atoms with E-state index in [0.717, 1.165) is 38.9 Å². The first kappa shape index (κ1) is 21.7. The average molecular weight is 454 g/mol. The molecule has 4 fully saturated rings. The smallest absolute Gasteiger partial charge is 0.290 e. The Morgan fingerprint density at radius 3 is 2.50 bits per heavy atom. The van der Waals surface area contributed by atoms with E-state index in [4.69, 9.17) is 4.42 Å². The maximum Gasteiger partial charge on any atom is 0.290 e. The number of piperidine rings is 1. The Hall–Kier alpha value is -2.10. The van der Waals surface area contributed by atoms with Crippen LogP contribution in [0.25, 0.3) is 0 Å². The van der Waals surface area contributed by atoms with Gasteiger partial charge in [0.2, 0.25) is 17.7 Å². The molecule has 2 heterocycles. The zero-order valence-corrected chi connectivity index (χ0v) is 18.0. The largest absolute Gasteiger partial charge is 0.447 e. The van der Waals surface area contributed by atoms with Crippen LogP contribution in [0.2, 0.25) is 0 Å². The van der Waals surface area contributed by atoms with Gasteiger partial charge in [0.1, 0.15) is 18.1 Å². The maximum absolute atomic E-state index is 14.3. The first-order chi connectivity index (χ1) is 15.2. The number of amides is 2. The van der Waals surface area contributed by atoms with Crippen LogP contribution >= 0.6 is 0 Å². The number of carbonyl (C=O) groups is 2. The molecule has 5 rings (SSSR count). The highest BCUT2D eigenvalue weighted by Crippen LogP contribution is 2.74. The number of rotatable bonds is 6. The second kappa shape index (κ2) is 7.74. The molecule has 1 saturated heterocycles. The molecule has 1 spiro atoms. The zero-order chi connectivity index (χ0) is 22.7. The Morgan fingerprint density at radius 2 is 1.91 bits per heavy atom. The van der Waals surface area contributed by atoms with Crippen LogP contribution < -0.4 is 16.0 Å². The van der Waals surface area contributed by atoms with Crippen molar-refractivity contribution in [2.75, 3.05) is 13.1 Å². The molecule has 176 valence electrons. The van der Waals surface area contributed by atoms with Gasteiger partial charge < -0.3 is 20.4 Å². The zero-order valence-electron chi connectivity index (χ0n) is 18.0. The average Bonchev–Trinajstić information content (AvgIpc) is 3.14. The van der Waals surface area contributed by atoms with Gasteiger partial charge >= 0.3 is 0 Å². The van der Waals surface area contributed by atoms with Gasteiger partial charge in [0.05, 0.1) is 24.4 Å². The van der Waals surface area contributed by atoms with E-state index in [0.29, 0.717) is 13.0 Å². The Balaban J connectivity index is 1.29. The number of alkyl halides is 3. The highest BCUT2D eigenvalue weighted by atomic mass is 19.3. The minimum atomic E-state index is -3.12. The quantitative estimate of drug-likeness (QED) is 0.613. The van der Waals surface area contributed by atoms with E-state index >= 15 is 0 Å². The number of nitrogens with one attached hydrogen (secondary N) is 3. The van der Waals surface area contributed by atoms with E-state index in [2.05, 4.69) is 20.9 Å². The van der Waals surface area contributed by atoms with Crippen LogP contribution in [0.4, 0.5) is 13.2 Å². The second-order valence-corrected chi connectivity index (χ2v) is 9.93. The van der Waals surface area contributed by atoms with E-state index in [9.17, 15) is 22.8 Å². The number of carbonyl (C=O) groups excluding carboxylic acids is 2. The molecular formula is C22H29F3N4O3. The summed E-state index contributed by atoms with van der Waals surface area (Å²) in [4.78, 5) is 30.2. The van der Waals surface area contributed by atoms with E-state index in [1.807, 2.05) is 0 Å². The fourth-order valence-electron chi connectivity index (χ4n) is 6.50. The summed E-state index contributed by atoms with van der Waals surface area (Å²) >= 11 is 0. The molecule has 2 amide bonds. The SMILES string of the molecule is CC(F)(F)c1coc(CNC(=O)[C@H]2[C@H](C(=O)N[C@H]3CCNC[C@@H]3F)[C@H]3CC[C@@H]2C32CC2)n1. The third kappa shape index (κ3) is 3.60. The van der Waals surface area contributed by atoms with Gasteiger partial charge in [-0.3, -0.25) is 9.59 Å². The van der Waals surface area contributed by atoms with Crippen molar-refractivity contribution in [2.45, 2.75) is 63.7 Å². The molecule has 7 nitrogen and oxygen atoms in total. The standard InChI is InChI=1S/C22H29F3N4O3/c1-21(24,25)15-10-32-16(29-15)9-27-19(30)17-11-2-3-12(22(11)5-6-22)18(17)20(31)28-14-4-7-26-8-13(14)23/h10-14,17-18,26H,2-9H2,1H3,(H,27,30)(H,28,31)/t11-,12+,13-,14-,17+,18+/m0/s1. The van der Waals surface area contributed by atoms with E-state index in [-0.39, 0.29) is 48.0 Å². The Labute approximate surface area is 184 Å². The summed E-state index contributed by atoms with van der Waals surface area (Å²) in [6.07, 6.45) is 4.10. The lowest BCUT2D eigenvalue weighted by Gasteiger charge is -2.33. The number of aromatic nitrogens is 1. The molecule has 3 saturated carbocycles. The Morgan fingerprint density at radius 1 is 1.22 bits per heavy atom. The minimum absolute atomic E-state index is 0.00450. The molecule has 1 aliphatic heterocycles. The molecule has 3 aliphatic carbocycles. The van der Waals surface area contributed by atoms with Crippen molar-refractivity contribution in [2.24, 2.45) is 29.1 Å². The third-order valence-electron chi connectivity index (χ3n) is 8.10. The van der Waals surface area contributed by atoms with Gasteiger partial charge in [-0.2, -0.15) is 8.78 Å². The summed E-state index contributed by atoms with van der Waals surface area (Å²) in [5, 5.41) is 8.62. The van der Waals surface area contributed by atoms with Gasteiger partial charge in [-0.05, 0) is 55.9 Å². The highest BCUT2D eigenvalue weighted by Gasteiger charge is 2.71. The van der Waals surface area contributed by atoms with Crippen LogP contribution in [0.1, 0.15) is 50.6 Å². The van der Waals surface area contributed by atoms with Crippen LogP contribution in [0.15, 0.2) is 10.7 Å². The molecule has 10 heteroatoms. The van der Waals surface area contributed by atoms with Gasteiger partial charge in [0.25, 0.3) is 5.92 Å². The van der Waals surface area contributed by atoms with E-state index < -0.39 is 35.7 Å². The summed E-state index contributed by atoms with van der Waals surface area (Å²) in [5.74, 6) is -4.38. The molecule has 6 atom stereocenters. The summed E-state index contributed by atoms with van der Waals surface area (Å²) in [6, 6.07) is -0.539. The Kier molecular flexibility index (Phi) is 5.26. The number of halogens is 3. The van der Waals surface area contributed by atoms with E-state index in [1.165, 1.54) is 0 Å². The number of hydrogen-bond acceptors (Lipinski definition) is 5. The molecule has 3 N–H and O–H groups in total. The second-order valence-electron chi connectivity index (χ2n) is 9.93. The Bertz CT molecular complexity index is 897. The first-order valence-corrected chi connectivity index (χ1v) is 11.5. The summed E-state index contributed by atoms with van der Waals surface area (Å²) in [7, 11) is 0. The molecular weight excluding hydrogens is 425 g/mol. The highest BCUT2D eigenvalue weighted by molar-refractivity contribution is 5.89. The monoisotopic (exact) mass is 454 g/mol. The van der Waals surface area contributed by atoms with Gasteiger partial charge in [0, 0.05) is 13.5 Å². The van der Waals surface area contributed by atoms with Crippen molar-refractivity contribution in [1.29, 1.82) is 0 Å². The van der Waals surface area contributed by atoms with Crippen LogP contribution in [-0.2, 0) is 22.1 Å². The van der Waals surface area contributed by atoms with Gasteiger partial charge in [-0.15, -0.1) is 0 Å². The van der Waals surface area contributed by atoms with Crippen LogP contribution in [0.5, 0.6) is 0 Å².